The Kier molecular flexibility index (Phi) is 3.62. The minimum Gasteiger partial charge on any atom is -0.339 e. The van der Waals surface area contributed by atoms with E-state index in [0.29, 0.717) is 22.4 Å². The van der Waals surface area contributed by atoms with Crippen molar-refractivity contribution in [3.05, 3.63) is 41.3 Å². The number of carbonyl (C=O) groups is 1. The Labute approximate surface area is 123 Å². The van der Waals surface area contributed by atoms with Gasteiger partial charge >= 0.3 is 0 Å². The molecule has 21 heavy (non-hydrogen) atoms. The monoisotopic (exact) mass is 286 g/mol. The number of fused-ring (bicyclic) bond motifs is 1. The average Bonchev–Trinajstić information content (AvgIpc) is 2.47. The molecule has 1 aromatic carbocycles. The van der Waals surface area contributed by atoms with Crippen LogP contribution in [0.4, 0.5) is 4.39 Å². The number of halogens is 1. The third-order valence-corrected chi connectivity index (χ3v) is 4.20. The van der Waals surface area contributed by atoms with Crippen molar-refractivity contribution in [3.63, 3.8) is 0 Å². The summed E-state index contributed by atoms with van der Waals surface area (Å²) in [5, 5.41) is 0.601. The van der Waals surface area contributed by atoms with Gasteiger partial charge in [-0.1, -0.05) is 6.92 Å². The molecule has 1 aliphatic rings. The van der Waals surface area contributed by atoms with Crippen LogP contribution in [0.25, 0.3) is 10.9 Å². The molecular formula is C17H19FN2O. The van der Waals surface area contributed by atoms with Gasteiger partial charge in [-0.05, 0) is 49.9 Å². The lowest BCUT2D eigenvalue weighted by Crippen LogP contribution is -2.38. The molecule has 0 aliphatic carbocycles. The van der Waals surface area contributed by atoms with Crippen molar-refractivity contribution in [1.29, 1.82) is 0 Å². The van der Waals surface area contributed by atoms with Crippen LogP contribution < -0.4 is 0 Å². The van der Waals surface area contributed by atoms with Gasteiger partial charge < -0.3 is 4.90 Å². The maximum atomic E-state index is 13.5. The van der Waals surface area contributed by atoms with Crippen molar-refractivity contribution in [3.8, 4) is 0 Å². The van der Waals surface area contributed by atoms with Crippen LogP contribution in [0.5, 0.6) is 0 Å². The minimum atomic E-state index is -0.338. The molecule has 0 unspecified atom stereocenters. The van der Waals surface area contributed by atoms with Crippen molar-refractivity contribution in [2.24, 2.45) is 5.92 Å². The lowest BCUT2D eigenvalue weighted by Gasteiger charge is -2.30. The first-order valence-corrected chi connectivity index (χ1v) is 7.41. The highest BCUT2D eigenvalue weighted by Gasteiger charge is 2.23. The summed E-state index contributed by atoms with van der Waals surface area (Å²) in [5.74, 6) is 0.319. The van der Waals surface area contributed by atoms with Crippen LogP contribution in [0.2, 0.25) is 0 Å². The van der Waals surface area contributed by atoms with Crippen LogP contribution in [0, 0.1) is 18.7 Å². The molecule has 1 aromatic heterocycles. The number of benzene rings is 1. The Morgan fingerprint density at radius 2 is 2.00 bits per heavy atom. The summed E-state index contributed by atoms with van der Waals surface area (Å²) in [5.41, 5.74) is 2.01. The number of hydrogen-bond acceptors (Lipinski definition) is 2. The van der Waals surface area contributed by atoms with E-state index in [1.807, 2.05) is 11.8 Å². The van der Waals surface area contributed by atoms with Gasteiger partial charge in [-0.15, -0.1) is 0 Å². The second-order valence-electron chi connectivity index (χ2n) is 5.95. The number of pyridine rings is 1. The Balaban J connectivity index is 2.02. The van der Waals surface area contributed by atoms with Crippen molar-refractivity contribution in [1.82, 2.24) is 9.88 Å². The first-order valence-electron chi connectivity index (χ1n) is 7.41. The van der Waals surface area contributed by atoms with Gasteiger partial charge in [0.15, 0.2) is 0 Å². The molecule has 3 rings (SSSR count). The average molecular weight is 286 g/mol. The number of hydrogen-bond donors (Lipinski definition) is 0. The lowest BCUT2D eigenvalue weighted by molar-refractivity contribution is 0.0699. The molecule has 1 saturated heterocycles. The molecule has 0 radical (unpaired) electrons. The van der Waals surface area contributed by atoms with Gasteiger partial charge in [0.05, 0.1) is 11.1 Å². The Bertz CT molecular complexity index is 690. The van der Waals surface area contributed by atoms with Crippen LogP contribution in [0.15, 0.2) is 24.3 Å². The van der Waals surface area contributed by atoms with Crippen molar-refractivity contribution in [2.45, 2.75) is 26.7 Å². The predicted molar refractivity (Wildman–Crippen MR) is 80.7 cm³/mol. The summed E-state index contributed by atoms with van der Waals surface area (Å²) >= 11 is 0. The predicted octanol–water partition coefficient (Wildman–Crippen LogP) is 3.55. The smallest absolute Gasteiger partial charge is 0.254 e. The van der Waals surface area contributed by atoms with Crippen LogP contribution in [-0.4, -0.2) is 28.9 Å². The van der Waals surface area contributed by atoms with E-state index in [1.165, 1.54) is 12.1 Å². The lowest BCUT2D eigenvalue weighted by atomic mass is 9.98. The summed E-state index contributed by atoms with van der Waals surface area (Å²) < 4.78 is 13.5. The van der Waals surface area contributed by atoms with Crippen molar-refractivity contribution in [2.75, 3.05) is 13.1 Å². The zero-order chi connectivity index (χ0) is 15.0. The standard InChI is InChI=1S/C17H19FN2O/c1-11-5-7-20(8-6-11)17(21)15-9-12(2)19-16-4-3-13(18)10-14(15)16/h3-4,9-11H,5-8H2,1-2H3. The number of nitrogens with zero attached hydrogens (tertiary/aromatic N) is 2. The summed E-state index contributed by atoms with van der Waals surface area (Å²) in [4.78, 5) is 19.0. The third-order valence-electron chi connectivity index (χ3n) is 4.20. The fraction of sp³-hybridized carbons (Fsp3) is 0.412. The maximum absolute atomic E-state index is 13.5. The van der Waals surface area contributed by atoms with Crippen molar-refractivity contribution < 1.29 is 9.18 Å². The number of likely N-dealkylation sites (tertiary alicyclic amines) is 1. The number of aromatic nitrogens is 1. The SMILES string of the molecule is Cc1cc(C(=O)N2CCC(C)CC2)c2cc(F)ccc2n1. The minimum absolute atomic E-state index is 0.0111. The summed E-state index contributed by atoms with van der Waals surface area (Å²) in [6, 6.07) is 6.18. The van der Waals surface area contributed by atoms with Gasteiger partial charge in [-0.3, -0.25) is 9.78 Å². The second-order valence-corrected chi connectivity index (χ2v) is 5.95. The van der Waals surface area contributed by atoms with Gasteiger partial charge in [0.2, 0.25) is 0 Å². The molecule has 0 saturated carbocycles. The number of amides is 1. The quantitative estimate of drug-likeness (QED) is 0.803. The normalized spacial score (nSPS) is 16.4. The molecule has 3 nitrogen and oxygen atoms in total. The summed E-state index contributed by atoms with van der Waals surface area (Å²) in [6.45, 7) is 5.62. The number of carbonyl (C=O) groups excluding carboxylic acids is 1. The first kappa shape index (κ1) is 14.0. The molecule has 0 spiro atoms. The van der Waals surface area contributed by atoms with E-state index >= 15 is 0 Å². The van der Waals surface area contributed by atoms with E-state index in [2.05, 4.69) is 11.9 Å². The second kappa shape index (κ2) is 5.43. The molecule has 1 amide bonds. The van der Waals surface area contributed by atoms with E-state index in [4.69, 9.17) is 0 Å². The highest BCUT2D eigenvalue weighted by Crippen LogP contribution is 2.24. The zero-order valence-corrected chi connectivity index (χ0v) is 12.4. The maximum Gasteiger partial charge on any atom is 0.254 e. The largest absolute Gasteiger partial charge is 0.339 e. The van der Waals surface area contributed by atoms with Crippen LogP contribution >= 0.6 is 0 Å². The molecule has 2 heterocycles. The van der Waals surface area contributed by atoms with Crippen LogP contribution in [0.1, 0.15) is 35.8 Å². The third kappa shape index (κ3) is 2.75. The Hall–Kier alpha value is -1.97. The van der Waals surface area contributed by atoms with Gasteiger partial charge in [-0.25, -0.2) is 4.39 Å². The first-order chi connectivity index (χ1) is 10.0. The van der Waals surface area contributed by atoms with Crippen LogP contribution in [-0.2, 0) is 0 Å². The molecular weight excluding hydrogens is 267 g/mol. The number of piperidine rings is 1. The van der Waals surface area contributed by atoms with E-state index in [9.17, 15) is 9.18 Å². The molecule has 0 N–H and O–H groups in total. The molecule has 0 bridgehead atoms. The summed E-state index contributed by atoms with van der Waals surface area (Å²) in [7, 11) is 0. The molecule has 1 aliphatic heterocycles. The van der Waals surface area contributed by atoms with Gasteiger partial charge in [0.25, 0.3) is 5.91 Å². The van der Waals surface area contributed by atoms with Gasteiger partial charge in [-0.2, -0.15) is 0 Å². The molecule has 4 heteroatoms. The van der Waals surface area contributed by atoms with Gasteiger partial charge in [0, 0.05) is 24.2 Å². The highest BCUT2D eigenvalue weighted by atomic mass is 19.1. The summed E-state index contributed by atoms with van der Waals surface area (Å²) in [6.07, 6.45) is 2.06. The Morgan fingerprint density at radius 1 is 1.29 bits per heavy atom. The number of rotatable bonds is 1. The fourth-order valence-electron chi connectivity index (χ4n) is 2.89. The van der Waals surface area contributed by atoms with Crippen LogP contribution in [0.3, 0.4) is 0 Å². The van der Waals surface area contributed by atoms with E-state index in [1.54, 1.807) is 12.1 Å². The zero-order valence-electron chi connectivity index (χ0n) is 12.4. The van der Waals surface area contributed by atoms with E-state index in [0.717, 1.165) is 31.6 Å². The van der Waals surface area contributed by atoms with E-state index in [-0.39, 0.29) is 11.7 Å². The molecule has 110 valence electrons. The van der Waals surface area contributed by atoms with Crippen molar-refractivity contribution >= 4 is 16.8 Å². The topological polar surface area (TPSA) is 33.2 Å². The molecule has 1 fully saturated rings. The van der Waals surface area contributed by atoms with E-state index < -0.39 is 0 Å². The Morgan fingerprint density at radius 3 is 2.71 bits per heavy atom. The van der Waals surface area contributed by atoms with Gasteiger partial charge in [0.1, 0.15) is 5.82 Å². The highest BCUT2D eigenvalue weighted by molar-refractivity contribution is 6.06. The fourth-order valence-corrected chi connectivity index (χ4v) is 2.89. The molecule has 2 aromatic rings. The molecule has 0 atom stereocenters. The number of aryl methyl sites for hydroxylation is 1.